The summed E-state index contributed by atoms with van der Waals surface area (Å²) in [7, 11) is -1.03. The van der Waals surface area contributed by atoms with E-state index in [0.29, 0.717) is 33.4 Å². The molecule has 9 nitrogen and oxygen atoms in total. The van der Waals surface area contributed by atoms with Crippen LogP contribution in [-0.4, -0.2) is 37.0 Å². The molecule has 0 aliphatic heterocycles. The van der Waals surface area contributed by atoms with E-state index in [1.807, 2.05) is 6.92 Å². The van der Waals surface area contributed by atoms with E-state index in [1.54, 1.807) is 48.5 Å². The van der Waals surface area contributed by atoms with Crippen LogP contribution in [0.5, 0.6) is 11.5 Å². The van der Waals surface area contributed by atoms with Crippen molar-refractivity contribution in [1.29, 1.82) is 0 Å². The van der Waals surface area contributed by atoms with Crippen LogP contribution in [0.3, 0.4) is 0 Å². The van der Waals surface area contributed by atoms with Gasteiger partial charge in [0.05, 0.1) is 41.1 Å². The molecule has 5 aromatic rings. The Labute approximate surface area is 194 Å². The number of hydrogen-bond donors (Lipinski definition) is 1. The van der Waals surface area contributed by atoms with Crippen LogP contribution in [0.1, 0.15) is 5.56 Å². The summed E-state index contributed by atoms with van der Waals surface area (Å²) in [6.45, 7) is 1.87. The number of hydrogen-bond acceptors (Lipinski definition) is 7. The van der Waals surface area contributed by atoms with Crippen LogP contribution < -0.4 is 19.8 Å². The minimum absolute atomic E-state index is 0.0620. The van der Waals surface area contributed by atoms with Gasteiger partial charge in [-0.15, -0.1) is 0 Å². The number of rotatable bonds is 5. The number of para-hydroxylation sites is 2. The van der Waals surface area contributed by atoms with Crippen LogP contribution in [0, 0.1) is 6.92 Å². The van der Waals surface area contributed by atoms with Gasteiger partial charge in [-0.05, 0) is 37.3 Å². The van der Waals surface area contributed by atoms with Crippen LogP contribution in [0.4, 0.5) is 5.82 Å². The molecule has 0 spiro atoms. The van der Waals surface area contributed by atoms with Gasteiger partial charge in [0.15, 0.2) is 23.0 Å². The average molecular weight is 477 g/mol. The third kappa shape index (κ3) is 3.48. The Bertz CT molecular complexity index is 1750. The van der Waals surface area contributed by atoms with E-state index in [-0.39, 0.29) is 16.4 Å². The monoisotopic (exact) mass is 476 g/mol. The van der Waals surface area contributed by atoms with E-state index in [9.17, 15) is 13.2 Å². The van der Waals surface area contributed by atoms with E-state index >= 15 is 0 Å². The van der Waals surface area contributed by atoms with Crippen LogP contribution in [0.2, 0.25) is 0 Å². The quantitative estimate of drug-likeness (QED) is 0.305. The van der Waals surface area contributed by atoms with Crippen LogP contribution >= 0.6 is 0 Å². The van der Waals surface area contributed by atoms with Crippen LogP contribution in [0.25, 0.3) is 27.6 Å². The number of aromatic nitrogens is 3. The molecule has 0 bridgehead atoms. The maximum atomic E-state index is 13.6. The minimum atomic E-state index is -3.99. The van der Waals surface area contributed by atoms with Gasteiger partial charge in [0.2, 0.25) is 0 Å². The predicted molar refractivity (Wildman–Crippen MR) is 129 cm³/mol. The topological polar surface area (TPSA) is 112 Å². The highest BCUT2D eigenvalue weighted by atomic mass is 32.2. The van der Waals surface area contributed by atoms with Crippen molar-refractivity contribution in [2.75, 3.05) is 18.9 Å². The highest BCUT2D eigenvalue weighted by Crippen LogP contribution is 2.31. The molecule has 0 fully saturated rings. The van der Waals surface area contributed by atoms with Gasteiger partial charge in [-0.2, -0.15) is 0 Å². The summed E-state index contributed by atoms with van der Waals surface area (Å²) in [5.41, 5.74) is 1.84. The Hall–Kier alpha value is -4.18. The molecule has 1 N–H and O–H groups in total. The third-order valence-electron chi connectivity index (χ3n) is 5.50. The molecule has 34 heavy (non-hydrogen) atoms. The van der Waals surface area contributed by atoms with Gasteiger partial charge < -0.3 is 9.47 Å². The third-order valence-corrected chi connectivity index (χ3v) is 6.86. The average Bonchev–Trinajstić information content (AvgIpc) is 2.83. The van der Waals surface area contributed by atoms with E-state index in [0.717, 1.165) is 5.56 Å². The number of nitrogens with one attached hydrogen (secondary N) is 1. The van der Waals surface area contributed by atoms with Gasteiger partial charge in [0.1, 0.15) is 0 Å². The second kappa shape index (κ2) is 7.99. The molecule has 0 atom stereocenters. The summed E-state index contributed by atoms with van der Waals surface area (Å²) in [5, 5.41) is 0.291. The molecule has 5 rings (SSSR count). The predicted octanol–water partition coefficient (Wildman–Crippen LogP) is 3.52. The van der Waals surface area contributed by atoms with E-state index < -0.39 is 15.6 Å². The zero-order valence-electron chi connectivity index (χ0n) is 18.6. The number of anilines is 1. The second-order valence-electron chi connectivity index (χ2n) is 7.67. The van der Waals surface area contributed by atoms with E-state index in [4.69, 9.17) is 9.47 Å². The first-order valence-corrected chi connectivity index (χ1v) is 11.8. The molecule has 0 aliphatic rings. The maximum absolute atomic E-state index is 13.6. The number of aryl methyl sites for hydroxylation is 1. The lowest BCUT2D eigenvalue weighted by Gasteiger charge is -2.14. The summed E-state index contributed by atoms with van der Waals surface area (Å²) < 4.78 is 40.8. The zero-order valence-corrected chi connectivity index (χ0v) is 19.4. The van der Waals surface area contributed by atoms with Gasteiger partial charge in [0.25, 0.3) is 15.6 Å². The lowest BCUT2D eigenvalue weighted by atomic mass is 10.2. The molecule has 2 aromatic heterocycles. The molecule has 2 heterocycles. The van der Waals surface area contributed by atoms with Gasteiger partial charge in [0, 0.05) is 6.07 Å². The molecule has 0 aliphatic carbocycles. The number of ether oxygens (including phenoxy) is 2. The van der Waals surface area contributed by atoms with E-state index in [2.05, 4.69) is 14.7 Å². The minimum Gasteiger partial charge on any atom is -0.493 e. The Morgan fingerprint density at radius 1 is 0.882 bits per heavy atom. The summed E-state index contributed by atoms with van der Waals surface area (Å²) in [5.74, 6) is 0.711. The van der Waals surface area contributed by atoms with Crippen molar-refractivity contribution in [3.05, 3.63) is 76.6 Å². The van der Waals surface area contributed by atoms with Crippen LogP contribution in [-0.2, 0) is 10.0 Å². The molecule has 0 saturated heterocycles. The fourth-order valence-electron chi connectivity index (χ4n) is 3.79. The first-order valence-electron chi connectivity index (χ1n) is 10.3. The first kappa shape index (κ1) is 21.7. The molecule has 0 saturated carbocycles. The number of methoxy groups -OCH3 is 2. The SMILES string of the molecule is COc1cc2nc3c(NS(=O)(=O)c4ccc(C)cc4)nc4ccccc4n3c(=O)c2cc1OC. The molecule has 0 unspecified atom stereocenters. The molecule has 0 amide bonds. The molecule has 10 heteroatoms. The lowest BCUT2D eigenvalue weighted by molar-refractivity contribution is 0.355. The first-order chi connectivity index (χ1) is 16.3. The van der Waals surface area contributed by atoms with Crippen molar-refractivity contribution in [3.8, 4) is 11.5 Å². The Morgan fingerprint density at radius 2 is 1.56 bits per heavy atom. The van der Waals surface area contributed by atoms with Crippen molar-refractivity contribution >= 4 is 43.4 Å². The van der Waals surface area contributed by atoms with Gasteiger partial charge in [-0.3, -0.25) is 13.9 Å². The summed E-state index contributed by atoms with van der Waals surface area (Å²) in [6, 6.07) is 16.5. The normalized spacial score (nSPS) is 11.7. The van der Waals surface area contributed by atoms with Crippen molar-refractivity contribution in [3.63, 3.8) is 0 Å². The Kier molecular flexibility index (Phi) is 5.09. The highest BCUT2D eigenvalue weighted by Gasteiger charge is 2.21. The maximum Gasteiger partial charge on any atom is 0.266 e. The number of nitrogens with zero attached hydrogens (tertiary/aromatic N) is 3. The van der Waals surface area contributed by atoms with Crippen LogP contribution in [0.15, 0.2) is 70.4 Å². The van der Waals surface area contributed by atoms with Gasteiger partial charge in [-0.25, -0.2) is 18.4 Å². The Balaban J connectivity index is 1.84. The fourth-order valence-corrected chi connectivity index (χ4v) is 4.79. The highest BCUT2D eigenvalue weighted by molar-refractivity contribution is 7.92. The van der Waals surface area contributed by atoms with Gasteiger partial charge in [-0.1, -0.05) is 29.8 Å². The number of sulfonamides is 1. The molecular weight excluding hydrogens is 456 g/mol. The molecule has 172 valence electrons. The van der Waals surface area contributed by atoms with Crippen molar-refractivity contribution in [2.24, 2.45) is 0 Å². The standard InChI is InChI=1S/C24H20N4O5S/c1-14-8-10-15(11-9-14)34(30,31)27-22-23-26-18-13-21(33-3)20(32-2)12-16(18)24(29)28(23)19-7-5-4-6-17(19)25-22/h4-13H,1-3H3,(H,25,27). The fraction of sp³-hybridized carbons (Fsp3) is 0.125. The molecule has 0 radical (unpaired) electrons. The molecule has 3 aromatic carbocycles. The molecular formula is C24H20N4O5S. The van der Waals surface area contributed by atoms with E-state index in [1.165, 1.54) is 30.8 Å². The van der Waals surface area contributed by atoms with Crippen molar-refractivity contribution in [2.45, 2.75) is 11.8 Å². The number of fused-ring (bicyclic) bond motifs is 4. The largest absolute Gasteiger partial charge is 0.493 e. The van der Waals surface area contributed by atoms with Crippen molar-refractivity contribution < 1.29 is 17.9 Å². The smallest absolute Gasteiger partial charge is 0.266 e. The number of benzene rings is 3. The Morgan fingerprint density at radius 3 is 2.26 bits per heavy atom. The van der Waals surface area contributed by atoms with Gasteiger partial charge >= 0.3 is 0 Å². The van der Waals surface area contributed by atoms with Crippen molar-refractivity contribution in [1.82, 2.24) is 14.4 Å². The second-order valence-corrected chi connectivity index (χ2v) is 9.35. The summed E-state index contributed by atoms with van der Waals surface area (Å²) >= 11 is 0. The zero-order chi connectivity index (χ0) is 24.0. The lowest BCUT2D eigenvalue weighted by Crippen LogP contribution is -2.21. The summed E-state index contributed by atoms with van der Waals surface area (Å²) in [4.78, 5) is 22.8. The summed E-state index contributed by atoms with van der Waals surface area (Å²) in [6.07, 6.45) is 0.